The van der Waals surface area contributed by atoms with Crippen molar-refractivity contribution in [2.75, 3.05) is 20.4 Å². The molecule has 2 aromatic carbocycles. The molecule has 0 saturated carbocycles. The molecule has 9 heteroatoms. The lowest BCUT2D eigenvalue weighted by molar-refractivity contribution is -0.186. The van der Waals surface area contributed by atoms with E-state index in [1.807, 2.05) is 12.1 Å². The zero-order chi connectivity index (χ0) is 26.3. The Hall–Kier alpha value is -2.68. The molecule has 0 aliphatic rings. The zero-order valence-corrected chi connectivity index (χ0v) is 21.6. The fourth-order valence-electron chi connectivity index (χ4n) is 3.61. The third-order valence-corrected chi connectivity index (χ3v) is 6.48. The van der Waals surface area contributed by atoms with Crippen LogP contribution >= 0.6 is 11.8 Å². The minimum Gasteiger partial charge on any atom is -0.497 e. The summed E-state index contributed by atoms with van der Waals surface area (Å²) < 4.78 is 54.4. The largest absolute Gasteiger partial charge is 0.497 e. The van der Waals surface area contributed by atoms with Gasteiger partial charge in [-0.05, 0) is 72.9 Å². The van der Waals surface area contributed by atoms with Crippen molar-refractivity contribution in [1.82, 2.24) is 0 Å². The SMILES string of the molecule is CCOC(=O)C(SCc1ccc(OC)cc1-c1c(C)cc(OC(F)(F)CF)cc1C)C(=O)C(C)C. The highest BCUT2D eigenvalue weighted by Crippen LogP contribution is 2.38. The summed E-state index contributed by atoms with van der Waals surface area (Å²) in [6.45, 7) is 6.87. The van der Waals surface area contributed by atoms with E-state index in [-0.39, 0.29) is 24.1 Å². The van der Waals surface area contributed by atoms with Gasteiger partial charge in [0.05, 0.1) is 13.7 Å². The fraction of sp³-hybridized carbons (Fsp3) is 0.462. The first-order valence-electron chi connectivity index (χ1n) is 11.2. The van der Waals surface area contributed by atoms with Crippen LogP contribution in [0.1, 0.15) is 37.5 Å². The molecule has 1 unspecified atom stereocenters. The van der Waals surface area contributed by atoms with E-state index in [0.717, 1.165) is 16.7 Å². The maximum Gasteiger partial charge on any atom is 0.427 e. The lowest BCUT2D eigenvalue weighted by Crippen LogP contribution is -2.32. The van der Waals surface area contributed by atoms with Crippen molar-refractivity contribution in [1.29, 1.82) is 0 Å². The van der Waals surface area contributed by atoms with Crippen molar-refractivity contribution in [3.8, 4) is 22.6 Å². The van der Waals surface area contributed by atoms with Gasteiger partial charge >= 0.3 is 12.1 Å². The van der Waals surface area contributed by atoms with Crippen molar-refractivity contribution >= 4 is 23.5 Å². The van der Waals surface area contributed by atoms with Gasteiger partial charge in [0.2, 0.25) is 0 Å². The quantitative estimate of drug-likeness (QED) is 0.245. The van der Waals surface area contributed by atoms with E-state index >= 15 is 0 Å². The number of Topliss-reactive ketones (excluding diaryl/α,β-unsaturated/α-hetero) is 1. The summed E-state index contributed by atoms with van der Waals surface area (Å²) in [5.41, 5.74) is 3.60. The van der Waals surface area contributed by atoms with E-state index in [2.05, 4.69) is 4.74 Å². The van der Waals surface area contributed by atoms with Crippen LogP contribution in [-0.4, -0.2) is 43.5 Å². The van der Waals surface area contributed by atoms with E-state index in [1.165, 1.54) is 31.0 Å². The molecule has 1 atom stereocenters. The molecule has 0 spiro atoms. The standard InChI is InChI=1S/C26H31F3O5S/c1-7-33-25(31)24(23(30)15(2)3)35-13-18-8-9-19(32-6)12-21(18)22-16(4)10-20(11-17(22)5)34-26(28,29)14-27/h8-12,15,24H,7,13-14H2,1-6H3. The maximum atomic E-state index is 13.4. The molecule has 0 aromatic heterocycles. The normalized spacial score (nSPS) is 12.4. The second-order valence-electron chi connectivity index (χ2n) is 8.33. The number of rotatable bonds is 12. The average molecular weight is 513 g/mol. The molecule has 0 saturated heterocycles. The highest BCUT2D eigenvalue weighted by Gasteiger charge is 2.32. The molecule has 0 fully saturated rings. The molecular weight excluding hydrogens is 481 g/mol. The van der Waals surface area contributed by atoms with E-state index < -0.39 is 24.0 Å². The molecule has 2 rings (SSSR count). The number of alkyl halides is 3. The van der Waals surface area contributed by atoms with Gasteiger partial charge in [-0.2, -0.15) is 8.78 Å². The summed E-state index contributed by atoms with van der Waals surface area (Å²) >= 11 is 1.18. The number of carbonyl (C=O) groups excluding carboxylic acids is 2. The molecule has 0 aliphatic heterocycles. The van der Waals surface area contributed by atoms with Gasteiger partial charge in [-0.3, -0.25) is 9.59 Å². The Morgan fingerprint density at radius 2 is 1.69 bits per heavy atom. The average Bonchev–Trinajstić information content (AvgIpc) is 2.79. The Morgan fingerprint density at radius 3 is 2.20 bits per heavy atom. The fourth-order valence-corrected chi connectivity index (χ4v) is 4.85. The summed E-state index contributed by atoms with van der Waals surface area (Å²) in [5.74, 6) is -0.378. The number of halogens is 3. The van der Waals surface area contributed by atoms with E-state index in [1.54, 1.807) is 40.7 Å². The number of hydrogen-bond donors (Lipinski definition) is 0. The van der Waals surface area contributed by atoms with Crippen molar-refractivity contribution in [2.24, 2.45) is 5.92 Å². The molecule has 0 bridgehead atoms. The van der Waals surface area contributed by atoms with Crippen LogP contribution in [0.2, 0.25) is 0 Å². The highest BCUT2D eigenvalue weighted by molar-refractivity contribution is 8.00. The van der Waals surface area contributed by atoms with Crippen molar-refractivity contribution in [3.63, 3.8) is 0 Å². The van der Waals surface area contributed by atoms with E-state index in [4.69, 9.17) is 9.47 Å². The lowest BCUT2D eigenvalue weighted by Gasteiger charge is -2.21. The van der Waals surface area contributed by atoms with Crippen molar-refractivity contribution < 1.29 is 37.0 Å². The number of esters is 1. The molecule has 0 aliphatic carbocycles. The maximum absolute atomic E-state index is 13.4. The number of ether oxygens (including phenoxy) is 3. The van der Waals surface area contributed by atoms with Crippen LogP contribution < -0.4 is 9.47 Å². The van der Waals surface area contributed by atoms with Crippen LogP contribution in [0.5, 0.6) is 11.5 Å². The van der Waals surface area contributed by atoms with Crippen molar-refractivity contribution in [2.45, 2.75) is 51.7 Å². The van der Waals surface area contributed by atoms with Crippen LogP contribution in [0, 0.1) is 19.8 Å². The minimum absolute atomic E-state index is 0.143. The number of methoxy groups -OCH3 is 1. The summed E-state index contributed by atoms with van der Waals surface area (Å²) in [4.78, 5) is 25.1. The first-order chi connectivity index (χ1) is 16.4. The summed E-state index contributed by atoms with van der Waals surface area (Å²) in [6, 6.07) is 8.26. The minimum atomic E-state index is -3.91. The Kier molecular flexibility index (Phi) is 10.1. The molecule has 35 heavy (non-hydrogen) atoms. The van der Waals surface area contributed by atoms with Gasteiger partial charge in [-0.25, -0.2) is 4.39 Å². The second-order valence-corrected chi connectivity index (χ2v) is 9.42. The van der Waals surface area contributed by atoms with Gasteiger partial charge < -0.3 is 14.2 Å². The zero-order valence-electron chi connectivity index (χ0n) is 20.7. The van der Waals surface area contributed by atoms with Gasteiger partial charge in [0.25, 0.3) is 0 Å². The molecule has 0 radical (unpaired) electrons. The first-order valence-corrected chi connectivity index (χ1v) is 12.2. The van der Waals surface area contributed by atoms with Gasteiger partial charge in [-0.15, -0.1) is 11.8 Å². The smallest absolute Gasteiger partial charge is 0.427 e. The molecule has 0 heterocycles. The van der Waals surface area contributed by atoms with E-state index in [9.17, 15) is 22.8 Å². The third-order valence-electron chi connectivity index (χ3n) is 5.25. The number of aryl methyl sites for hydroxylation is 2. The topological polar surface area (TPSA) is 61.8 Å². The molecule has 0 N–H and O–H groups in total. The van der Waals surface area contributed by atoms with Crippen LogP contribution in [0.4, 0.5) is 13.2 Å². The predicted octanol–water partition coefficient (Wildman–Crippen LogP) is 6.31. The predicted molar refractivity (Wildman–Crippen MR) is 131 cm³/mol. The molecule has 0 amide bonds. The monoisotopic (exact) mass is 512 g/mol. The van der Waals surface area contributed by atoms with E-state index in [0.29, 0.717) is 22.6 Å². The molecule has 5 nitrogen and oxygen atoms in total. The Labute approximate surface area is 208 Å². The molecular formula is C26H31F3O5S. The van der Waals surface area contributed by atoms with Crippen LogP contribution in [-0.2, 0) is 20.1 Å². The number of ketones is 1. The number of hydrogen-bond acceptors (Lipinski definition) is 6. The summed E-state index contributed by atoms with van der Waals surface area (Å²) in [5, 5.41) is -0.967. The lowest BCUT2D eigenvalue weighted by atomic mass is 9.92. The third kappa shape index (κ3) is 7.40. The van der Waals surface area contributed by atoms with Gasteiger partial charge in [-0.1, -0.05) is 19.9 Å². The Morgan fingerprint density at radius 1 is 1.06 bits per heavy atom. The summed E-state index contributed by atoms with van der Waals surface area (Å²) in [7, 11) is 1.53. The van der Waals surface area contributed by atoms with Crippen LogP contribution in [0.25, 0.3) is 11.1 Å². The van der Waals surface area contributed by atoms with Crippen LogP contribution in [0.15, 0.2) is 30.3 Å². The number of carbonyl (C=O) groups is 2. The van der Waals surface area contributed by atoms with Gasteiger partial charge in [0.15, 0.2) is 17.7 Å². The van der Waals surface area contributed by atoms with Gasteiger partial charge in [0.1, 0.15) is 11.5 Å². The summed E-state index contributed by atoms with van der Waals surface area (Å²) in [6.07, 6.45) is -3.91. The number of thioether (sulfide) groups is 1. The number of benzene rings is 2. The van der Waals surface area contributed by atoms with Crippen molar-refractivity contribution in [3.05, 3.63) is 47.0 Å². The molecule has 2 aromatic rings. The second kappa shape index (κ2) is 12.3. The Bertz CT molecular complexity index is 1030. The highest BCUT2D eigenvalue weighted by atomic mass is 32.2. The van der Waals surface area contributed by atoms with Crippen LogP contribution in [0.3, 0.4) is 0 Å². The molecule has 192 valence electrons. The first kappa shape index (κ1) is 28.6. The van der Waals surface area contributed by atoms with Gasteiger partial charge in [0, 0.05) is 11.7 Å². The Balaban J connectivity index is 2.48.